The van der Waals surface area contributed by atoms with Crippen LogP contribution in [0.15, 0.2) is 48.1 Å². The first kappa shape index (κ1) is 8.15. The minimum Gasteiger partial charge on any atom is -0.263 e. The van der Waals surface area contributed by atoms with E-state index in [0.29, 0.717) is 11.1 Å². The van der Waals surface area contributed by atoms with Crippen LogP contribution in [0.2, 0.25) is 0 Å². The van der Waals surface area contributed by atoms with E-state index >= 15 is 0 Å². The summed E-state index contributed by atoms with van der Waals surface area (Å²) in [4.78, 5) is 0. The van der Waals surface area contributed by atoms with Gasteiger partial charge in [0.2, 0.25) is 0 Å². The van der Waals surface area contributed by atoms with Crippen molar-refractivity contribution in [2.45, 2.75) is 0 Å². The van der Waals surface area contributed by atoms with Gasteiger partial charge in [0, 0.05) is 24.8 Å². The molecular weight excluding hydrogens is 176 g/mol. The number of allylic oxidation sites excluding steroid dienone is 4. The molecule has 0 radical (unpaired) electrons. The Bertz CT molecular complexity index is 409. The summed E-state index contributed by atoms with van der Waals surface area (Å²) in [7, 11) is 0. The van der Waals surface area contributed by atoms with E-state index in [1.54, 1.807) is 22.4 Å². The number of hydrogen-bond acceptors (Lipinski definition) is 4. The molecule has 0 unspecified atom stereocenters. The monoisotopic (exact) mass is 182 g/mol. The molecule has 0 fully saturated rings. The molecule has 0 N–H and O–H groups in total. The van der Waals surface area contributed by atoms with E-state index < -0.39 is 0 Å². The Labute approximate surface area is 81.5 Å². The van der Waals surface area contributed by atoms with Crippen LogP contribution >= 0.6 is 0 Å². The first-order valence-electron chi connectivity index (χ1n) is 4.01. The molecule has 0 aromatic rings. The van der Waals surface area contributed by atoms with E-state index in [1.807, 2.05) is 36.7 Å². The quantitative estimate of drug-likeness (QED) is 0.567. The number of nitrogens with zero attached hydrogens (tertiary/aromatic N) is 4. The Morgan fingerprint density at radius 3 is 1.64 bits per heavy atom. The van der Waals surface area contributed by atoms with Crippen molar-refractivity contribution in [2.24, 2.45) is 0 Å². The van der Waals surface area contributed by atoms with Crippen molar-refractivity contribution in [1.82, 2.24) is 10.0 Å². The standard InChI is InChI=1S/C10H6N4/c11-5-9-7-13-3-1-2-4-14(13)8-10(9)6-12/h1-4,7-8H. The topological polar surface area (TPSA) is 54.1 Å². The highest BCUT2D eigenvalue weighted by Gasteiger charge is 2.17. The van der Waals surface area contributed by atoms with Gasteiger partial charge in [0.15, 0.2) is 0 Å². The molecule has 4 nitrogen and oxygen atoms in total. The number of fused-ring (bicyclic) bond motifs is 1. The van der Waals surface area contributed by atoms with Crippen LogP contribution in [0, 0.1) is 22.7 Å². The highest BCUT2D eigenvalue weighted by atomic mass is 15.6. The van der Waals surface area contributed by atoms with Gasteiger partial charge in [0.25, 0.3) is 0 Å². The molecule has 0 aromatic carbocycles. The minimum absolute atomic E-state index is 0.378. The predicted octanol–water partition coefficient (Wildman–Crippen LogP) is 1.37. The van der Waals surface area contributed by atoms with E-state index in [2.05, 4.69) is 0 Å². The number of hydrogen-bond donors (Lipinski definition) is 0. The fraction of sp³-hybridized carbons (Fsp3) is 0. The van der Waals surface area contributed by atoms with Crippen LogP contribution < -0.4 is 0 Å². The summed E-state index contributed by atoms with van der Waals surface area (Å²) < 4.78 is 0. The van der Waals surface area contributed by atoms with Crippen molar-refractivity contribution in [3.05, 3.63) is 48.1 Å². The molecule has 0 atom stereocenters. The fourth-order valence-corrected chi connectivity index (χ4v) is 1.23. The zero-order chi connectivity index (χ0) is 9.97. The maximum Gasteiger partial charge on any atom is 0.102 e. The maximum absolute atomic E-state index is 8.79. The maximum atomic E-state index is 8.79. The predicted molar refractivity (Wildman–Crippen MR) is 49.4 cm³/mol. The van der Waals surface area contributed by atoms with Crippen molar-refractivity contribution >= 4 is 0 Å². The third-order valence-electron chi connectivity index (χ3n) is 1.91. The van der Waals surface area contributed by atoms with Crippen LogP contribution in [-0.2, 0) is 0 Å². The molecule has 0 saturated heterocycles. The Morgan fingerprint density at radius 1 is 0.857 bits per heavy atom. The molecule has 0 amide bonds. The summed E-state index contributed by atoms with van der Waals surface area (Å²) in [5, 5.41) is 21.0. The van der Waals surface area contributed by atoms with Crippen LogP contribution in [-0.4, -0.2) is 10.0 Å². The SMILES string of the molecule is N#CC1=CN2C=CC=CN2C=C1C#N. The molecule has 0 aromatic heterocycles. The Kier molecular flexibility index (Phi) is 1.82. The van der Waals surface area contributed by atoms with E-state index in [0.717, 1.165) is 0 Å². The summed E-state index contributed by atoms with van der Waals surface area (Å²) >= 11 is 0. The van der Waals surface area contributed by atoms with Gasteiger partial charge in [-0.25, -0.2) is 0 Å². The molecular formula is C10H6N4. The Balaban J connectivity index is 2.42. The number of hydrazine groups is 1. The van der Waals surface area contributed by atoms with Gasteiger partial charge >= 0.3 is 0 Å². The lowest BCUT2D eigenvalue weighted by Crippen LogP contribution is -2.30. The molecule has 2 aliphatic heterocycles. The lowest BCUT2D eigenvalue weighted by Gasteiger charge is -2.32. The average Bonchev–Trinajstić information content (AvgIpc) is 2.27. The summed E-state index contributed by atoms with van der Waals surface area (Å²) in [6.45, 7) is 0. The first-order valence-corrected chi connectivity index (χ1v) is 4.01. The van der Waals surface area contributed by atoms with Gasteiger partial charge in [-0.1, -0.05) is 0 Å². The molecule has 2 aliphatic rings. The molecule has 14 heavy (non-hydrogen) atoms. The van der Waals surface area contributed by atoms with Crippen LogP contribution in [0.4, 0.5) is 0 Å². The van der Waals surface area contributed by atoms with E-state index in [4.69, 9.17) is 10.5 Å². The van der Waals surface area contributed by atoms with Gasteiger partial charge in [-0.2, -0.15) is 10.5 Å². The third-order valence-corrected chi connectivity index (χ3v) is 1.91. The smallest absolute Gasteiger partial charge is 0.102 e. The van der Waals surface area contributed by atoms with Crippen molar-refractivity contribution in [1.29, 1.82) is 10.5 Å². The molecule has 0 bridgehead atoms. The third kappa shape index (κ3) is 1.16. The van der Waals surface area contributed by atoms with Crippen LogP contribution in [0.1, 0.15) is 0 Å². The first-order chi connectivity index (χ1) is 6.85. The van der Waals surface area contributed by atoms with Crippen molar-refractivity contribution < 1.29 is 0 Å². The normalized spacial score (nSPS) is 17.9. The van der Waals surface area contributed by atoms with Crippen LogP contribution in [0.25, 0.3) is 0 Å². The summed E-state index contributed by atoms with van der Waals surface area (Å²) in [6, 6.07) is 3.96. The van der Waals surface area contributed by atoms with Crippen molar-refractivity contribution in [2.75, 3.05) is 0 Å². The van der Waals surface area contributed by atoms with Gasteiger partial charge in [-0.3, -0.25) is 10.0 Å². The second-order valence-corrected chi connectivity index (χ2v) is 2.75. The van der Waals surface area contributed by atoms with Gasteiger partial charge in [-0.15, -0.1) is 0 Å². The van der Waals surface area contributed by atoms with Crippen molar-refractivity contribution in [3.8, 4) is 12.1 Å². The highest BCUT2D eigenvalue weighted by molar-refractivity contribution is 5.51. The highest BCUT2D eigenvalue weighted by Crippen LogP contribution is 2.21. The van der Waals surface area contributed by atoms with Gasteiger partial charge < -0.3 is 0 Å². The van der Waals surface area contributed by atoms with E-state index in [9.17, 15) is 0 Å². The molecule has 2 rings (SSSR count). The van der Waals surface area contributed by atoms with Crippen LogP contribution in [0.5, 0.6) is 0 Å². The summed E-state index contributed by atoms with van der Waals surface area (Å²) in [5.41, 5.74) is 0.757. The average molecular weight is 182 g/mol. The van der Waals surface area contributed by atoms with Crippen molar-refractivity contribution in [3.63, 3.8) is 0 Å². The zero-order valence-corrected chi connectivity index (χ0v) is 7.25. The van der Waals surface area contributed by atoms with E-state index in [1.165, 1.54) is 0 Å². The zero-order valence-electron chi connectivity index (χ0n) is 7.25. The van der Waals surface area contributed by atoms with E-state index in [-0.39, 0.29) is 0 Å². The molecule has 0 saturated carbocycles. The molecule has 2 heterocycles. The lowest BCUT2D eigenvalue weighted by atomic mass is 10.1. The molecule has 0 spiro atoms. The molecule has 66 valence electrons. The summed E-state index contributed by atoms with van der Waals surface area (Å²) in [5.74, 6) is 0. The van der Waals surface area contributed by atoms with Crippen LogP contribution in [0.3, 0.4) is 0 Å². The van der Waals surface area contributed by atoms with Gasteiger partial charge in [0.05, 0.1) is 11.1 Å². The summed E-state index contributed by atoms with van der Waals surface area (Å²) in [6.07, 6.45) is 10.6. The Morgan fingerprint density at radius 2 is 1.29 bits per heavy atom. The minimum atomic E-state index is 0.378. The van der Waals surface area contributed by atoms with Gasteiger partial charge in [0.1, 0.15) is 12.1 Å². The van der Waals surface area contributed by atoms with Gasteiger partial charge in [-0.05, 0) is 12.2 Å². The molecule has 0 aliphatic carbocycles. The second kappa shape index (κ2) is 3.12. The Hall–Kier alpha value is -2.46. The fourth-order valence-electron chi connectivity index (χ4n) is 1.23. The number of nitriles is 2. The number of rotatable bonds is 0. The second-order valence-electron chi connectivity index (χ2n) is 2.75. The lowest BCUT2D eigenvalue weighted by molar-refractivity contribution is 0.193. The molecule has 4 heteroatoms. The largest absolute Gasteiger partial charge is 0.263 e.